The van der Waals surface area contributed by atoms with Gasteiger partial charge < -0.3 is 47.4 Å². The molecule has 0 spiro atoms. The molecule has 14 bridgehead atoms. The Hall–Kier alpha value is -4.85. The van der Waals surface area contributed by atoms with Gasteiger partial charge in [0.05, 0.1) is 97.6 Å². The van der Waals surface area contributed by atoms with Gasteiger partial charge in [-0.05, 0) is 128 Å². The topological polar surface area (TPSA) is 259 Å². The van der Waals surface area contributed by atoms with E-state index in [0.717, 1.165) is 61.4 Å². The predicted molar refractivity (Wildman–Crippen MR) is 313 cm³/mol. The molecule has 10 saturated carbocycles. The second-order valence-corrected chi connectivity index (χ2v) is 33.8. The van der Waals surface area contributed by atoms with Crippen molar-refractivity contribution in [2.24, 2.45) is 176 Å². The quantitative estimate of drug-likeness (QED) is 0.178. The van der Waals surface area contributed by atoms with Crippen molar-refractivity contribution in [3.8, 4) is 12.1 Å². The average Bonchev–Trinajstić information content (AvgIpc) is 1.57. The molecule has 21 rings (SSSR count). The van der Waals surface area contributed by atoms with E-state index in [1.54, 1.807) is 7.11 Å². The van der Waals surface area contributed by atoms with Gasteiger partial charge in [0.2, 0.25) is 0 Å². The number of fused-ring (bicyclic) bond motifs is 19. The van der Waals surface area contributed by atoms with E-state index < -0.39 is 0 Å². The van der Waals surface area contributed by atoms with Gasteiger partial charge in [0.1, 0.15) is 42.5 Å². The Morgan fingerprint density at radius 1 is 0.400 bits per heavy atom. The van der Waals surface area contributed by atoms with E-state index in [1.807, 2.05) is 13.8 Å². The SMILES string of the molecule is CC1(C)C2CC3C(=O)OC1C3C2.CC1(C)C2CC3C(=O)OC1C3O2.CC1(C)C2OC3C(C(=O)OC31)C2C#N.CC1C(C)C2CC1C1COC(=O)C21.CC1C2CC3C1OC(=O)C3C2C#N.CC1CC2CC1C1COC(=O)C21.COC1C(C)C2CC1C1C(=O)OCC21. The maximum atomic E-state index is 11.5. The fourth-order valence-electron chi connectivity index (χ4n) is 24.6. The zero-order valence-corrected chi connectivity index (χ0v) is 54.4. The third-order valence-corrected chi connectivity index (χ3v) is 29.5. The summed E-state index contributed by atoms with van der Waals surface area (Å²) in [4.78, 5) is 79.9. The summed E-state index contributed by atoms with van der Waals surface area (Å²) in [5.41, 5.74) is 0.0778. The summed E-state index contributed by atoms with van der Waals surface area (Å²) in [6, 6.07) is 4.47. The van der Waals surface area contributed by atoms with Crippen molar-refractivity contribution >= 4 is 41.8 Å². The molecule has 90 heavy (non-hydrogen) atoms. The third kappa shape index (κ3) is 8.55. The number of nitrogens with zero attached hydrogens (tertiary/aromatic N) is 2. The lowest BCUT2D eigenvalue weighted by molar-refractivity contribution is -0.146. The van der Waals surface area contributed by atoms with Crippen LogP contribution < -0.4 is 0 Å². The van der Waals surface area contributed by atoms with E-state index in [-0.39, 0.29) is 160 Å². The minimum absolute atomic E-state index is 0.0220. The Labute approximate surface area is 528 Å². The smallest absolute Gasteiger partial charge is 0.313 e. The molecule has 11 heterocycles. The monoisotopic (exact) mass is 1250 g/mol. The van der Waals surface area contributed by atoms with E-state index in [2.05, 4.69) is 74.5 Å². The molecule has 0 aromatic rings. The molecule has 0 radical (unpaired) electrons. The van der Waals surface area contributed by atoms with Gasteiger partial charge >= 0.3 is 41.8 Å². The van der Waals surface area contributed by atoms with Gasteiger partial charge in [-0.3, -0.25) is 33.6 Å². The molecule has 19 nitrogen and oxygen atoms in total. The zero-order chi connectivity index (χ0) is 63.6. The Bertz CT molecular complexity index is 3040. The van der Waals surface area contributed by atoms with Crippen molar-refractivity contribution in [3.05, 3.63) is 0 Å². The molecular formula is C71H94N2O17. The number of carbonyl (C=O) groups excluding carboxylic acids is 7. The van der Waals surface area contributed by atoms with Crippen LogP contribution in [-0.2, 0) is 80.9 Å². The van der Waals surface area contributed by atoms with Crippen LogP contribution in [-0.4, -0.2) is 124 Å². The molecule has 19 heteroatoms. The molecule has 11 aliphatic heterocycles. The van der Waals surface area contributed by atoms with E-state index >= 15 is 0 Å². The Morgan fingerprint density at radius 3 is 1.58 bits per heavy atom. The second kappa shape index (κ2) is 21.3. The Balaban J connectivity index is 0.0000000877. The molecular weight excluding hydrogens is 1150 g/mol. The first kappa shape index (κ1) is 61.3. The highest BCUT2D eigenvalue weighted by molar-refractivity contribution is 5.80. The number of rotatable bonds is 1. The summed E-state index contributed by atoms with van der Waals surface area (Å²) in [5.74, 6) is 11.2. The minimum atomic E-state index is -0.331. The number of esters is 7. The fraction of sp³-hybridized carbons (Fsp3) is 0.873. The molecule has 0 aromatic heterocycles. The summed E-state index contributed by atoms with van der Waals surface area (Å²) in [7, 11) is 1.76. The normalized spacial score (nSPS) is 54.7. The molecule has 36 atom stereocenters. The number of hydrogen-bond acceptors (Lipinski definition) is 19. The highest BCUT2D eigenvalue weighted by Gasteiger charge is 2.73. The molecule has 21 fully saturated rings. The maximum Gasteiger partial charge on any atom is 0.313 e. The zero-order valence-electron chi connectivity index (χ0n) is 54.4. The third-order valence-electron chi connectivity index (χ3n) is 29.5. The molecule has 490 valence electrons. The van der Waals surface area contributed by atoms with E-state index in [0.29, 0.717) is 90.1 Å². The van der Waals surface area contributed by atoms with Gasteiger partial charge in [-0.25, -0.2) is 0 Å². The number of ether oxygens (including phenoxy) is 10. The van der Waals surface area contributed by atoms with Crippen LogP contribution in [0, 0.1) is 199 Å². The summed E-state index contributed by atoms with van der Waals surface area (Å²) >= 11 is 0. The number of cyclic esters (lactones) is 3. The molecule has 11 saturated heterocycles. The van der Waals surface area contributed by atoms with E-state index in [1.165, 1.54) is 32.1 Å². The molecule has 0 N–H and O–H groups in total. The largest absolute Gasteiger partial charge is 0.465 e. The lowest BCUT2D eigenvalue weighted by Gasteiger charge is -2.32. The molecule has 36 unspecified atom stereocenters. The van der Waals surface area contributed by atoms with Crippen molar-refractivity contribution in [1.29, 1.82) is 10.5 Å². The first-order chi connectivity index (χ1) is 42.7. The van der Waals surface area contributed by atoms with Gasteiger partial charge in [-0.2, -0.15) is 10.5 Å². The molecule has 10 aliphatic carbocycles. The number of hydrogen-bond donors (Lipinski definition) is 0. The highest BCUT2D eigenvalue weighted by Crippen LogP contribution is 2.65. The first-order valence-electron chi connectivity index (χ1n) is 34.7. The Kier molecular flexibility index (Phi) is 14.5. The maximum absolute atomic E-state index is 11.5. The van der Waals surface area contributed by atoms with Crippen LogP contribution in [0.25, 0.3) is 0 Å². The molecule has 0 amide bonds. The van der Waals surface area contributed by atoms with Crippen molar-refractivity contribution < 1.29 is 80.9 Å². The molecule has 0 aromatic carbocycles. The number of carbonyl (C=O) groups is 7. The Morgan fingerprint density at radius 2 is 0.956 bits per heavy atom. The van der Waals surface area contributed by atoms with Crippen LogP contribution in [0.5, 0.6) is 0 Å². The van der Waals surface area contributed by atoms with Crippen LogP contribution in [0.4, 0.5) is 0 Å². The van der Waals surface area contributed by atoms with Crippen molar-refractivity contribution in [1.82, 2.24) is 0 Å². The summed E-state index contributed by atoms with van der Waals surface area (Å²) in [6.45, 7) is 26.1. The number of methoxy groups -OCH3 is 1. The van der Waals surface area contributed by atoms with Crippen LogP contribution in [0.1, 0.15) is 128 Å². The van der Waals surface area contributed by atoms with Crippen molar-refractivity contribution in [2.75, 3.05) is 26.9 Å². The first-order valence-corrected chi connectivity index (χ1v) is 34.7. The van der Waals surface area contributed by atoms with Crippen molar-refractivity contribution in [3.63, 3.8) is 0 Å². The van der Waals surface area contributed by atoms with Crippen LogP contribution in [0.15, 0.2) is 0 Å². The van der Waals surface area contributed by atoms with E-state index in [4.69, 9.17) is 57.9 Å². The average molecular weight is 1250 g/mol. The fourth-order valence-corrected chi connectivity index (χ4v) is 24.6. The van der Waals surface area contributed by atoms with Gasteiger partial charge in [-0.1, -0.05) is 76.2 Å². The van der Waals surface area contributed by atoms with Crippen molar-refractivity contribution in [2.45, 2.75) is 182 Å². The van der Waals surface area contributed by atoms with Gasteiger partial charge in [-0.15, -0.1) is 0 Å². The van der Waals surface area contributed by atoms with E-state index in [9.17, 15) is 33.6 Å². The van der Waals surface area contributed by atoms with Crippen LogP contribution in [0.2, 0.25) is 0 Å². The summed E-state index contributed by atoms with van der Waals surface area (Å²) in [5, 5.41) is 18.0. The van der Waals surface area contributed by atoms with Gasteiger partial charge in [0.15, 0.2) is 0 Å². The molecule has 21 aliphatic rings. The summed E-state index contributed by atoms with van der Waals surface area (Å²) in [6.07, 6.45) is 9.77. The van der Waals surface area contributed by atoms with Gasteiger partial charge in [0, 0.05) is 52.9 Å². The predicted octanol–water partition coefficient (Wildman–Crippen LogP) is 7.97. The van der Waals surface area contributed by atoms with Gasteiger partial charge in [0.25, 0.3) is 0 Å². The number of nitriles is 2. The second-order valence-electron chi connectivity index (χ2n) is 33.8. The lowest BCUT2D eigenvalue weighted by atomic mass is 9.67. The van der Waals surface area contributed by atoms with Crippen LogP contribution in [0.3, 0.4) is 0 Å². The van der Waals surface area contributed by atoms with Crippen LogP contribution >= 0.6 is 0 Å². The minimum Gasteiger partial charge on any atom is -0.465 e. The lowest BCUT2D eigenvalue weighted by Crippen LogP contribution is -2.43. The summed E-state index contributed by atoms with van der Waals surface area (Å²) < 4.78 is 53.6. The highest BCUT2D eigenvalue weighted by atomic mass is 16.6. The standard InChI is InChI=1S/C11H16O3.C11H16O2.C10H11NO3.C10H11NO2.2C10H14O2.C9H12O3/c1-5-6-3-7(10(5)13-2)9-8(6)4-14-11(9)12;1-5-6(2)8-3-7(5)9-4-13-11(12)10(8)9;1-10(2)7-4(3-11)5-6(13-7)8(10)14-9(5)12;1-4-5-2-6-8(7(5)3-11)10(12)13-9(4)6;1-10(2)5-3-6-7(4-5)9(11)12-8(6)10;1-5-2-6-3-7(5)8-4-12-10(11)9(6)8;1-9(2)5-3-4-6(11-5)7(9)12-8(4)10/h5-10H,3-4H2,1-2H3;5-10H,3-4H2,1-2H3;4-8H,1-2H3;4-9H,2H2,1H3;5-8H,3-4H2,1-2H3;5-9H,2-4H2,1H3;4-7H,3H2,1-2H3.